The number of amides is 2. The second-order valence-corrected chi connectivity index (χ2v) is 7.94. The van der Waals surface area contributed by atoms with E-state index < -0.39 is 0 Å². The molecule has 4 aromatic rings. The van der Waals surface area contributed by atoms with Gasteiger partial charge >= 0.3 is 0 Å². The Hall–Kier alpha value is -4.12. The highest BCUT2D eigenvalue weighted by molar-refractivity contribution is 6.04. The van der Waals surface area contributed by atoms with Crippen LogP contribution >= 0.6 is 0 Å². The van der Waals surface area contributed by atoms with Gasteiger partial charge in [-0.25, -0.2) is 0 Å². The highest BCUT2D eigenvalue weighted by atomic mass is 16.3. The number of likely N-dealkylation sites (N-methyl/N-ethyl adjacent to an activating group) is 1. The maximum absolute atomic E-state index is 13.2. The zero-order chi connectivity index (χ0) is 23.0. The van der Waals surface area contributed by atoms with Crippen LogP contribution < -0.4 is 4.90 Å². The minimum absolute atomic E-state index is 0.0166. The molecule has 0 spiro atoms. The molecule has 0 aliphatic carbocycles. The first-order valence-corrected chi connectivity index (χ1v) is 10.9. The molecule has 1 aromatic heterocycles. The maximum atomic E-state index is 13.2. The lowest BCUT2D eigenvalue weighted by atomic mass is 10.1. The van der Waals surface area contributed by atoms with Crippen LogP contribution in [0, 0.1) is 0 Å². The Labute approximate surface area is 193 Å². The number of furan rings is 1. The Bertz CT molecular complexity index is 1190. The predicted octanol–water partition coefficient (Wildman–Crippen LogP) is 5.33. The lowest BCUT2D eigenvalue weighted by molar-refractivity contribution is -0.129. The van der Waals surface area contributed by atoms with Gasteiger partial charge in [0.2, 0.25) is 5.91 Å². The van der Waals surface area contributed by atoms with Gasteiger partial charge in [0, 0.05) is 19.3 Å². The number of hydrogen-bond donors (Lipinski definition) is 0. The number of carbonyl (C=O) groups is 2. The summed E-state index contributed by atoms with van der Waals surface area (Å²) in [4.78, 5) is 29.4. The number of anilines is 1. The Morgan fingerprint density at radius 1 is 0.727 bits per heavy atom. The summed E-state index contributed by atoms with van der Waals surface area (Å²) in [6.45, 7) is 0.947. The monoisotopic (exact) mass is 438 g/mol. The molecule has 0 fully saturated rings. The zero-order valence-electron chi connectivity index (χ0n) is 18.6. The molecule has 0 atom stereocenters. The van der Waals surface area contributed by atoms with E-state index in [0.717, 1.165) is 22.4 Å². The van der Waals surface area contributed by atoms with Crippen LogP contribution in [0.15, 0.2) is 108 Å². The van der Waals surface area contributed by atoms with Gasteiger partial charge in [-0.2, -0.15) is 0 Å². The summed E-state index contributed by atoms with van der Waals surface area (Å²) in [6.07, 6.45) is 1.75. The topological polar surface area (TPSA) is 53.8 Å². The molecule has 33 heavy (non-hydrogen) atoms. The van der Waals surface area contributed by atoms with Crippen LogP contribution in [0.4, 0.5) is 5.69 Å². The maximum Gasteiger partial charge on any atom is 0.294 e. The molecule has 0 bridgehead atoms. The van der Waals surface area contributed by atoms with Crippen LogP contribution in [0.1, 0.15) is 27.2 Å². The summed E-state index contributed by atoms with van der Waals surface area (Å²) in [7, 11) is 1.81. The van der Waals surface area contributed by atoms with Crippen molar-refractivity contribution in [2.45, 2.75) is 19.5 Å². The number of benzene rings is 3. The van der Waals surface area contributed by atoms with Crippen molar-refractivity contribution in [1.82, 2.24) is 4.90 Å². The Balaban J connectivity index is 1.53. The first-order valence-electron chi connectivity index (χ1n) is 10.9. The van der Waals surface area contributed by atoms with Crippen molar-refractivity contribution in [1.29, 1.82) is 0 Å². The molecule has 5 nitrogen and oxygen atoms in total. The van der Waals surface area contributed by atoms with Gasteiger partial charge in [-0.3, -0.25) is 9.59 Å². The van der Waals surface area contributed by atoms with Crippen LogP contribution in [0.25, 0.3) is 0 Å². The highest BCUT2D eigenvalue weighted by Gasteiger charge is 2.21. The molecule has 4 rings (SSSR count). The van der Waals surface area contributed by atoms with Gasteiger partial charge in [0.25, 0.3) is 5.91 Å². The fraction of sp³-hybridized carbons (Fsp3) is 0.143. The minimum atomic E-state index is -0.228. The van der Waals surface area contributed by atoms with Crippen LogP contribution in [0.2, 0.25) is 0 Å². The number of hydrogen-bond acceptors (Lipinski definition) is 3. The van der Waals surface area contributed by atoms with Crippen LogP contribution in [-0.2, 0) is 24.3 Å². The van der Waals surface area contributed by atoms with Crippen molar-refractivity contribution in [3.05, 3.63) is 126 Å². The van der Waals surface area contributed by atoms with Gasteiger partial charge < -0.3 is 14.2 Å². The molecule has 0 radical (unpaired) electrons. The second kappa shape index (κ2) is 10.5. The van der Waals surface area contributed by atoms with Crippen molar-refractivity contribution in [3.63, 3.8) is 0 Å². The lowest BCUT2D eigenvalue weighted by Gasteiger charge is -2.23. The van der Waals surface area contributed by atoms with E-state index in [-0.39, 0.29) is 24.0 Å². The van der Waals surface area contributed by atoms with E-state index in [9.17, 15) is 9.59 Å². The van der Waals surface area contributed by atoms with Crippen LogP contribution in [-0.4, -0.2) is 23.8 Å². The van der Waals surface area contributed by atoms with Gasteiger partial charge in [0.15, 0.2) is 5.76 Å². The third kappa shape index (κ3) is 5.77. The third-order valence-electron chi connectivity index (χ3n) is 5.43. The van der Waals surface area contributed by atoms with Gasteiger partial charge in [0.1, 0.15) is 0 Å². The third-order valence-corrected chi connectivity index (χ3v) is 5.43. The summed E-state index contributed by atoms with van der Waals surface area (Å²) >= 11 is 0. The van der Waals surface area contributed by atoms with E-state index in [0.29, 0.717) is 13.1 Å². The summed E-state index contributed by atoms with van der Waals surface area (Å²) < 4.78 is 5.37. The molecule has 0 aliphatic rings. The van der Waals surface area contributed by atoms with Crippen molar-refractivity contribution in [2.75, 3.05) is 11.9 Å². The molecule has 0 N–H and O–H groups in total. The fourth-order valence-electron chi connectivity index (χ4n) is 3.67. The molecule has 0 saturated heterocycles. The second-order valence-electron chi connectivity index (χ2n) is 7.94. The lowest BCUT2D eigenvalue weighted by Crippen LogP contribution is -2.30. The Morgan fingerprint density at radius 3 is 2.00 bits per heavy atom. The molecule has 2 amide bonds. The van der Waals surface area contributed by atoms with E-state index in [1.807, 2.05) is 84.9 Å². The summed E-state index contributed by atoms with van der Waals surface area (Å²) in [5.41, 5.74) is 3.65. The SMILES string of the molecule is CN(Cc1ccccc1)C(=O)Cc1cccc(N(Cc2ccccc2)C(=O)c2ccco2)c1. The van der Waals surface area contributed by atoms with E-state index in [4.69, 9.17) is 4.42 Å². The highest BCUT2D eigenvalue weighted by Crippen LogP contribution is 2.22. The summed E-state index contributed by atoms with van der Waals surface area (Å²) in [5, 5.41) is 0. The average Bonchev–Trinajstić information content (AvgIpc) is 3.39. The molecule has 5 heteroatoms. The van der Waals surface area contributed by atoms with E-state index in [2.05, 4.69) is 0 Å². The van der Waals surface area contributed by atoms with Gasteiger partial charge in [-0.1, -0.05) is 72.8 Å². The van der Waals surface area contributed by atoms with Crippen molar-refractivity contribution < 1.29 is 14.0 Å². The van der Waals surface area contributed by atoms with E-state index >= 15 is 0 Å². The van der Waals surface area contributed by atoms with Gasteiger partial charge in [0.05, 0.1) is 19.2 Å². The Morgan fingerprint density at radius 2 is 1.36 bits per heavy atom. The molecular weight excluding hydrogens is 412 g/mol. The average molecular weight is 439 g/mol. The van der Waals surface area contributed by atoms with Crippen LogP contribution in [0.5, 0.6) is 0 Å². The van der Waals surface area contributed by atoms with Crippen molar-refractivity contribution in [2.24, 2.45) is 0 Å². The van der Waals surface area contributed by atoms with Crippen LogP contribution in [0.3, 0.4) is 0 Å². The first kappa shape index (κ1) is 22.1. The quantitative estimate of drug-likeness (QED) is 0.374. The standard InChI is InChI=1S/C28H26N2O3/c1-29(20-22-10-4-2-5-11-22)27(31)19-24-14-8-15-25(18-24)30(21-23-12-6-3-7-13-23)28(32)26-16-9-17-33-26/h2-18H,19-21H2,1H3. The molecular formula is C28H26N2O3. The van der Waals surface area contributed by atoms with Crippen molar-refractivity contribution in [3.8, 4) is 0 Å². The first-order chi connectivity index (χ1) is 16.1. The summed E-state index contributed by atoms with van der Waals surface area (Å²) in [6, 6.07) is 30.6. The van der Waals surface area contributed by atoms with E-state index in [1.54, 1.807) is 29.0 Å². The number of rotatable bonds is 8. The molecule has 166 valence electrons. The minimum Gasteiger partial charge on any atom is -0.459 e. The smallest absolute Gasteiger partial charge is 0.294 e. The Kier molecular flexibility index (Phi) is 7.00. The summed E-state index contributed by atoms with van der Waals surface area (Å²) in [5.74, 6) is 0.0616. The molecule has 3 aromatic carbocycles. The number of carbonyl (C=O) groups excluding carboxylic acids is 2. The fourth-order valence-corrected chi connectivity index (χ4v) is 3.67. The number of nitrogens with zero attached hydrogens (tertiary/aromatic N) is 2. The molecule has 0 saturated carbocycles. The molecule has 1 heterocycles. The van der Waals surface area contributed by atoms with Gasteiger partial charge in [-0.15, -0.1) is 0 Å². The molecule has 0 unspecified atom stereocenters. The van der Waals surface area contributed by atoms with Gasteiger partial charge in [-0.05, 0) is 41.0 Å². The normalized spacial score (nSPS) is 10.6. The predicted molar refractivity (Wildman–Crippen MR) is 129 cm³/mol. The van der Waals surface area contributed by atoms with E-state index in [1.165, 1.54) is 6.26 Å². The zero-order valence-corrected chi connectivity index (χ0v) is 18.6. The largest absolute Gasteiger partial charge is 0.459 e. The molecule has 0 aliphatic heterocycles. The van der Waals surface area contributed by atoms with Crippen molar-refractivity contribution >= 4 is 17.5 Å².